The molecule has 1 fully saturated rings. The summed E-state index contributed by atoms with van der Waals surface area (Å²) in [6.07, 6.45) is 3.79. The van der Waals surface area contributed by atoms with Crippen LogP contribution in [0.4, 0.5) is 0 Å². The molecule has 5 heteroatoms. The Labute approximate surface area is 101 Å². The number of rotatable bonds is 4. The van der Waals surface area contributed by atoms with E-state index < -0.39 is 0 Å². The molecule has 16 heavy (non-hydrogen) atoms. The minimum Gasteiger partial charge on any atom is -0.467 e. The van der Waals surface area contributed by atoms with E-state index >= 15 is 0 Å². The lowest BCUT2D eigenvalue weighted by Crippen LogP contribution is -2.38. The highest BCUT2D eigenvalue weighted by Crippen LogP contribution is 2.20. The van der Waals surface area contributed by atoms with Gasteiger partial charge in [0.2, 0.25) is 0 Å². The molecule has 1 N–H and O–H groups in total. The normalized spacial score (nSPS) is 21.3. The number of nitrogens with one attached hydrogen (secondary N) is 1. The fourth-order valence-corrected chi connectivity index (χ4v) is 2.43. The fourth-order valence-electron chi connectivity index (χ4n) is 1.75. The average molecular weight is 241 g/mol. The van der Waals surface area contributed by atoms with Gasteiger partial charge in [0, 0.05) is 23.5 Å². The summed E-state index contributed by atoms with van der Waals surface area (Å²) in [7, 11) is 0. The average Bonchev–Trinajstić information content (AvgIpc) is 2.76. The van der Waals surface area contributed by atoms with Crippen LogP contribution in [-0.2, 0) is 0 Å². The molecular weight excluding hydrogens is 222 g/mol. The molecule has 1 saturated heterocycles. The summed E-state index contributed by atoms with van der Waals surface area (Å²) < 4.78 is 9.92. The molecule has 1 aromatic rings. The Hall–Kier alpha value is -0.680. The molecule has 0 radical (unpaired) electrons. The molecule has 0 aliphatic carbocycles. The molecule has 2 rings (SSSR count). The predicted molar refractivity (Wildman–Crippen MR) is 65.1 cm³/mol. The summed E-state index contributed by atoms with van der Waals surface area (Å²) in [5.41, 5.74) is 0. The van der Waals surface area contributed by atoms with Crippen LogP contribution in [-0.4, -0.2) is 28.6 Å². The third-order valence-electron chi connectivity index (χ3n) is 2.76. The maximum atomic E-state index is 5.66. The first kappa shape index (κ1) is 11.8. The molecule has 0 bridgehead atoms. The first-order chi connectivity index (χ1) is 7.75. The van der Waals surface area contributed by atoms with Crippen molar-refractivity contribution in [3.63, 3.8) is 0 Å². The highest BCUT2D eigenvalue weighted by Gasteiger charge is 2.14. The Morgan fingerprint density at radius 2 is 2.38 bits per heavy atom. The molecule has 0 aromatic carbocycles. The van der Waals surface area contributed by atoms with Gasteiger partial charge in [0.15, 0.2) is 0 Å². The number of aromatic nitrogens is 2. The smallest absolute Gasteiger partial charge is 0.293 e. The quantitative estimate of drug-likeness (QED) is 0.877. The molecule has 1 aliphatic heterocycles. The van der Waals surface area contributed by atoms with Crippen LogP contribution in [0.3, 0.4) is 0 Å². The molecule has 1 atom stereocenters. The van der Waals surface area contributed by atoms with Gasteiger partial charge in [-0.15, -0.1) is 0 Å². The molecule has 0 spiro atoms. The lowest BCUT2D eigenvalue weighted by molar-refractivity contribution is 0.238. The van der Waals surface area contributed by atoms with Gasteiger partial charge >= 0.3 is 0 Å². The van der Waals surface area contributed by atoms with E-state index in [1.54, 1.807) is 0 Å². The maximum absolute atomic E-state index is 5.66. The first-order valence-corrected chi connectivity index (χ1v) is 6.73. The number of hydrogen-bond acceptors (Lipinski definition) is 5. The van der Waals surface area contributed by atoms with Gasteiger partial charge in [-0.1, -0.05) is 20.3 Å². The predicted octanol–water partition coefficient (Wildman–Crippen LogP) is 2.18. The van der Waals surface area contributed by atoms with Crippen LogP contribution in [0.15, 0.2) is 0 Å². The molecule has 90 valence electrons. The van der Waals surface area contributed by atoms with Crippen LogP contribution >= 0.6 is 11.5 Å². The fraction of sp³-hybridized carbons (Fsp3) is 0.818. The van der Waals surface area contributed by atoms with E-state index in [0.717, 1.165) is 12.4 Å². The van der Waals surface area contributed by atoms with Gasteiger partial charge in [-0.05, 0) is 19.4 Å². The third-order valence-corrected chi connectivity index (χ3v) is 3.40. The summed E-state index contributed by atoms with van der Waals surface area (Å²) in [5, 5.41) is 4.16. The zero-order chi connectivity index (χ0) is 11.4. The molecule has 0 saturated carbocycles. The monoisotopic (exact) mass is 241 g/mol. The van der Waals surface area contributed by atoms with Crippen molar-refractivity contribution in [2.75, 3.05) is 13.2 Å². The van der Waals surface area contributed by atoms with Crippen LogP contribution in [0.5, 0.6) is 5.19 Å². The Bertz CT molecular complexity index is 321. The van der Waals surface area contributed by atoms with Crippen LogP contribution in [0.25, 0.3) is 0 Å². The van der Waals surface area contributed by atoms with Crippen molar-refractivity contribution < 1.29 is 4.74 Å². The van der Waals surface area contributed by atoms with E-state index in [4.69, 9.17) is 4.74 Å². The third kappa shape index (κ3) is 3.15. The second kappa shape index (κ2) is 5.59. The van der Waals surface area contributed by atoms with Crippen molar-refractivity contribution in [3.8, 4) is 5.19 Å². The highest BCUT2D eigenvalue weighted by molar-refractivity contribution is 7.07. The zero-order valence-corrected chi connectivity index (χ0v) is 10.7. The molecule has 1 aromatic heterocycles. The second-order valence-electron chi connectivity index (χ2n) is 4.53. The largest absolute Gasteiger partial charge is 0.467 e. The summed E-state index contributed by atoms with van der Waals surface area (Å²) in [6, 6.07) is 0.486. The van der Waals surface area contributed by atoms with Crippen LogP contribution in [0.2, 0.25) is 0 Å². The summed E-state index contributed by atoms with van der Waals surface area (Å²) in [4.78, 5) is 4.35. The molecule has 2 heterocycles. The van der Waals surface area contributed by atoms with Gasteiger partial charge in [-0.3, -0.25) is 0 Å². The molecule has 1 aliphatic rings. The number of piperidine rings is 1. The number of nitrogens with zero attached hydrogens (tertiary/aromatic N) is 2. The maximum Gasteiger partial charge on any atom is 0.293 e. The van der Waals surface area contributed by atoms with E-state index in [1.165, 1.54) is 30.8 Å². The van der Waals surface area contributed by atoms with Crippen molar-refractivity contribution >= 4 is 11.5 Å². The summed E-state index contributed by atoms with van der Waals surface area (Å²) >= 11 is 1.36. The Balaban J connectivity index is 1.79. The van der Waals surface area contributed by atoms with Crippen LogP contribution < -0.4 is 10.1 Å². The van der Waals surface area contributed by atoms with E-state index in [9.17, 15) is 0 Å². The van der Waals surface area contributed by atoms with E-state index in [0.29, 0.717) is 23.8 Å². The van der Waals surface area contributed by atoms with Gasteiger partial charge in [0.1, 0.15) is 12.4 Å². The van der Waals surface area contributed by atoms with E-state index in [-0.39, 0.29) is 0 Å². The van der Waals surface area contributed by atoms with Crippen molar-refractivity contribution in [1.82, 2.24) is 14.7 Å². The lowest BCUT2D eigenvalue weighted by Gasteiger charge is -2.22. The SMILES string of the molecule is CC(C)c1nsc(OCC2CCCCN2)n1. The van der Waals surface area contributed by atoms with Gasteiger partial charge in [-0.25, -0.2) is 0 Å². The molecule has 4 nitrogen and oxygen atoms in total. The first-order valence-electron chi connectivity index (χ1n) is 5.95. The van der Waals surface area contributed by atoms with Gasteiger partial charge in [0.05, 0.1) is 0 Å². The Kier molecular flexibility index (Phi) is 4.12. The van der Waals surface area contributed by atoms with E-state index in [1.807, 2.05) is 0 Å². The number of hydrogen-bond donors (Lipinski definition) is 1. The van der Waals surface area contributed by atoms with Crippen molar-refractivity contribution in [2.24, 2.45) is 0 Å². The molecular formula is C11H19N3OS. The zero-order valence-electron chi connectivity index (χ0n) is 9.90. The topological polar surface area (TPSA) is 47.0 Å². The van der Waals surface area contributed by atoms with Gasteiger partial charge < -0.3 is 10.1 Å². The molecule has 0 amide bonds. The minimum atomic E-state index is 0.376. The minimum absolute atomic E-state index is 0.376. The van der Waals surface area contributed by atoms with Crippen LogP contribution in [0.1, 0.15) is 44.9 Å². The standard InChI is InChI=1S/C11H19N3OS/c1-8(2)10-13-11(16-14-10)15-7-9-5-3-4-6-12-9/h8-9,12H,3-7H2,1-2H3. The Morgan fingerprint density at radius 1 is 1.50 bits per heavy atom. The number of ether oxygens (including phenoxy) is 1. The highest BCUT2D eigenvalue weighted by atomic mass is 32.1. The van der Waals surface area contributed by atoms with E-state index in [2.05, 4.69) is 28.5 Å². The van der Waals surface area contributed by atoms with Crippen molar-refractivity contribution in [3.05, 3.63) is 5.82 Å². The Morgan fingerprint density at radius 3 is 3.00 bits per heavy atom. The van der Waals surface area contributed by atoms with Crippen molar-refractivity contribution in [2.45, 2.75) is 45.1 Å². The van der Waals surface area contributed by atoms with Gasteiger partial charge in [-0.2, -0.15) is 9.36 Å². The van der Waals surface area contributed by atoms with Crippen LogP contribution in [0, 0.1) is 0 Å². The molecule has 1 unspecified atom stereocenters. The lowest BCUT2D eigenvalue weighted by atomic mass is 10.1. The summed E-state index contributed by atoms with van der Waals surface area (Å²) in [6.45, 7) is 6.01. The van der Waals surface area contributed by atoms with Gasteiger partial charge in [0.25, 0.3) is 5.19 Å². The van der Waals surface area contributed by atoms with Crippen molar-refractivity contribution in [1.29, 1.82) is 0 Å². The second-order valence-corrected chi connectivity index (χ2v) is 5.25. The summed E-state index contributed by atoms with van der Waals surface area (Å²) in [5.74, 6) is 1.26.